The molecule has 0 heterocycles. The molecule has 0 aromatic heterocycles. The summed E-state index contributed by atoms with van der Waals surface area (Å²) in [6.07, 6.45) is 2.18. The third kappa shape index (κ3) is 4.85. The Morgan fingerprint density at radius 1 is 1.39 bits per heavy atom. The number of benzene rings is 1. The minimum atomic E-state index is -0.891. The molecular weight excluding hydrogens is 230 g/mol. The third-order valence-electron chi connectivity index (χ3n) is 2.80. The zero-order valence-electron chi connectivity index (χ0n) is 11.0. The molecule has 2 N–H and O–H groups in total. The van der Waals surface area contributed by atoms with E-state index >= 15 is 0 Å². The summed E-state index contributed by atoms with van der Waals surface area (Å²) in [6, 6.07) is 7.28. The normalized spacial score (nSPS) is 12.3. The van der Waals surface area contributed by atoms with E-state index in [1.807, 2.05) is 12.1 Å². The number of nitrogens with one attached hydrogen (secondary N) is 1. The number of methoxy groups -OCH3 is 1. The predicted octanol–water partition coefficient (Wildman–Crippen LogP) is 2.29. The molecule has 1 aromatic carbocycles. The monoisotopic (exact) mass is 251 g/mol. The summed E-state index contributed by atoms with van der Waals surface area (Å²) < 4.78 is 5.16. The second-order valence-corrected chi connectivity index (χ2v) is 4.32. The highest BCUT2D eigenvalue weighted by Crippen LogP contribution is 2.06. The maximum absolute atomic E-state index is 10.7. The van der Waals surface area contributed by atoms with E-state index < -0.39 is 5.97 Å². The van der Waals surface area contributed by atoms with E-state index in [-0.39, 0.29) is 0 Å². The van der Waals surface area contributed by atoms with Gasteiger partial charge in [-0.2, -0.15) is 0 Å². The number of carbonyl (C=O) groups is 1. The van der Waals surface area contributed by atoms with E-state index in [1.54, 1.807) is 19.2 Å². The topological polar surface area (TPSA) is 58.6 Å². The Morgan fingerprint density at radius 2 is 2.06 bits per heavy atom. The van der Waals surface area contributed by atoms with Gasteiger partial charge >= 0.3 is 5.97 Å². The summed E-state index contributed by atoms with van der Waals surface area (Å²) in [5.74, 6) is -0.891. The molecule has 0 aliphatic carbocycles. The first-order valence-electron chi connectivity index (χ1n) is 6.22. The lowest BCUT2D eigenvalue weighted by molar-refractivity contribution is 0.0697. The highest BCUT2D eigenvalue weighted by molar-refractivity contribution is 5.87. The van der Waals surface area contributed by atoms with Crippen LogP contribution in [0.1, 0.15) is 35.7 Å². The first kappa shape index (κ1) is 14.7. The molecule has 0 bridgehead atoms. The van der Waals surface area contributed by atoms with Gasteiger partial charge in [-0.25, -0.2) is 4.79 Å². The minimum absolute atomic E-state index is 0.320. The number of hydrogen-bond acceptors (Lipinski definition) is 3. The van der Waals surface area contributed by atoms with Gasteiger partial charge in [0.15, 0.2) is 0 Å². The van der Waals surface area contributed by atoms with Crippen molar-refractivity contribution in [2.75, 3.05) is 13.7 Å². The van der Waals surface area contributed by atoms with E-state index in [2.05, 4.69) is 12.2 Å². The van der Waals surface area contributed by atoms with Crippen LogP contribution < -0.4 is 5.32 Å². The molecule has 1 atom stereocenters. The predicted molar refractivity (Wildman–Crippen MR) is 70.8 cm³/mol. The number of rotatable bonds is 8. The van der Waals surface area contributed by atoms with Crippen LogP contribution in [0.25, 0.3) is 0 Å². The number of carboxylic acids is 1. The van der Waals surface area contributed by atoms with E-state index in [1.165, 1.54) is 0 Å². The van der Waals surface area contributed by atoms with Gasteiger partial charge in [-0.1, -0.05) is 25.5 Å². The molecule has 4 nitrogen and oxygen atoms in total. The Morgan fingerprint density at radius 3 is 2.56 bits per heavy atom. The fraction of sp³-hybridized carbons (Fsp3) is 0.500. The molecule has 100 valence electrons. The summed E-state index contributed by atoms with van der Waals surface area (Å²) in [5, 5.41) is 12.2. The molecule has 0 saturated heterocycles. The fourth-order valence-corrected chi connectivity index (χ4v) is 1.82. The van der Waals surface area contributed by atoms with E-state index in [0.29, 0.717) is 18.2 Å². The Kier molecular flexibility index (Phi) is 6.39. The van der Waals surface area contributed by atoms with E-state index in [4.69, 9.17) is 9.84 Å². The molecule has 0 saturated carbocycles. The third-order valence-corrected chi connectivity index (χ3v) is 2.80. The summed E-state index contributed by atoms with van der Waals surface area (Å²) in [4.78, 5) is 10.7. The highest BCUT2D eigenvalue weighted by atomic mass is 16.5. The van der Waals surface area contributed by atoms with Gasteiger partial charge in [0.1, 0.15) is 0 Å². The van der Waals surface area contributed by atoms with Crippen molar-refractivity contribution < 1.29 is 14.6 Å². The Balaban J connectivity index is 2.48. The van der Waals surface area contributed by atoms with Crippen molar-refractivity contribution in [3.63, 3.8) is 0 Å². The molecule has 0 spiro atoms. The molecule has 1 aromatic rings. The van der Waals surface area contributed by atoms with Crippen molar-refractivity contribution in [2.24, 2.45) is 0 Å². The quantitative estimate of drug-likeness (QED) is 0.744. The Bertz CT molecular complexity index is 356. The maximum Gasteiger partial charge on any atom is 0.335 e. The lowest BCUT2D eigenvalue weighted by atomic mass is 10.1. The zero-order valence-corrected chi connectivity index (χ0v) is 11.0. The van der Waals surface area contributed by atoms with Crippen LogP contribution in [-0.4, -0.2) is 30.8 Å². The molecule has 4 heteroatoms. The largest absolute Gasteiger partial charge is 0.478 e. The molecule has 1 unspecified atom stereocenters. The maximum atomic E-state index is 10.7. The molecule has 18 heavy (non-hydrogen) atoms. The van der Waals surface area contributed by atoms with Crippen molar-refractivity contribution in [3.05, 3.63) is 35.4 Å². The van der Waals surface area contributed by atoms with Gasteiger partial charge in [-0.3, -0.25) is 0 Å². The van der Waals surface area contributed by atoms with Gasteiger partial charge in [0.25, 0.3) is 0 Å². The number of ether oxygens (including phenoxy) is 1. The molecule has 0 aliphatic heterocycles. The van der Waals surface area contributed by atoms with Crippen LogP contribution in [0.2, 0.25) is 0 Å². The van der Waals surface area contributed by atoms with Crippen molar-refractivity contribution >= 4 is 5.97 Å². The lowest BCUT2D eigenvalue weighted by Crippen LogP contribution is -2.32. The smallest absolute Gasteiger partial charge is 0.335 e. The number of aromatic carboxylic acids is 1. The summed E-state index contributed by atoms with van der Waals surface area (Å²) in [6.45, 7) is 3.57. The number of hydrogen-bond donors (Lipinski definition) is 2. The van der Waals surface area contributed by atoms with Crippen LogP contribution in [0.4, 0.5) is 0 Å². The van der Waals surface area contributed by atoms with Crippen LogP contribution in [0.15, 0.2) is 24.3 Å². The standard InChI is InChI=1S/C14H21NO3/c1-3-4-13(10-18-2)15-9-11-5-7-12(8-6-11)14(16)17/h5-8,13,15H,3-4,9-10H2,1-2H3,(H,16,17). The SMILES string of the molecule is CCCC(COC)NCc1ccc(C(=O)O)cc1. The molecular formula is C14H21NO3. The summed E-state index contributed by atoms with van der Waals surface area (Å²) in [5.41, 5.74) is 1.40. The minimum Gasteiger partial charge on any atom is -0.478 e. The molecule has 1 rings (SSSR count). The summed E-state index contributed by atoms with van der Waals surface area (Å²) >= 11 is 0. The zero-order chi connectivity index (χ0) is 13.4. The van der Waals surface area contributed by atoms with Crippen molar-refractivity contribution in [1.82, 2.24) is 5.32 Å². The first-order chi connectivity index (χ1) is 8.67. The van der Waals surface area contributed by atoms with Crippen LogP contribution in [0.3, 0.4) is 0 Å². The molecule has 0 radical (unpaired) electrons. The first-order valence-corrected chi connectivity index (χ1v) is 6.22. The van der Waals surface area contributed by atoms with Crippen LogP contribution in [0.5, 0.6) is 0 Å². The van der Waals surface area contributed by atoms with Crippen LogP contribution >= 0.6 is 0 Å². The van der Waals surface area contributed by atoms with Crippen LogP contribution in [0, 0.1) is 0 Å². The van der Waals surface area contributed by atoms with E-state index in [0.717, 1.165) is 24.9 Å². The molecule has 0 amide bonds. The fourth-order valence-electron chi connectivity index (χ4n) is 1.82. The van der Waals surface area contributed by atoms with Gasteiger partial charge in [-0.05, 0) is 24.1 Å². The average Bonchev–Trinajstić information content (AvgIpc) is 2.37. The second kappa shape index (κ2) is 7.84. The average molecular weight is 251 g/mol. The van der Waals surface area contributed by atoms with Crippen molar-refractivity contribution in [1.29, 1.82) is 0 Å². The number of carboxylic acid groups (broad SMARTS) is 1. The summed E-state index contributed by atoms with van der Waals surface area (Å²) in [7, 11) is 1.70. The van der Waals surface area contributed by atoms with Crippen LogP contribution in [-0.2, 0) is 11.3 Å². The van der Waals surface area contributed by atoms with Gasteiger partial charge in [0.05, 0.1) is 12.2 Å². The van der Waals surface area contributed by atoms with Crippen molar-refractivity contribution in [2.45, 2.75) is 32.4 Å². The van der Waals surface area contributed by atoms with Gasteiger partial charge < -0.3 is 15.2 Å². The highest BCUT2D eigenvalue weighted by Gasteiger charge is 2.07. The van der Waals surface area contributed by atoms with Gasteiger partial charge in [-0.15, -0.1) is 0 Å². The molecule has 0 fully saturated rings. The van der Waals surface area contributed by atoms with Gasteiger partial charge in [0, 0.05) is 19.7 Å². The van der Waals surface area contributed by atoms with Crippen molar-refractivity contribution in [3.8, 4) is 0 Å². The second-order valence-electron chi connectivity index (χ2n) is 4.32. The Hall–Kier alpha value is -1.39. The lowest BCUT2D eigenvalue weighted by Gasteiger charge is -2.17. The van der Waals surface area contributed by atoms with Gasteiger partial charge in [0.2, 0.25) is 0 Å². The Labute approximate surface area is 108 Å². The molecule has 0 aliphatic rings. The van der Waals surface area contributed by atoms with E-state index in [9.17, 15) is 4.79 Å².